The third kappa shape index (κ3) is 4.88. The zero-order valence-corrected chi connectivity index (χ0v) is 17.9. The van der Waals surface area contributed by atoms with Gasteiger partial charge in [-0.05, 0) is 55.8 Å². The smallest absolute Gasteiger partial charge is 0.247 e. The van der Waals surface area contributed by atoms with E-state index in [1.165, 1.54) is 12.1 Å². The maximum atomic E-state index is 13.6. The third-order valence-corrected chi connectivity index (χ3v) is 4.77. The standard InChI is InChI=1S/C25H24FN3O3/c1-3-30-20-14-15-22(31-4-2)21(16-20)27-23(17-10-12-19(26)13-11-17)25-29-28-24(32-25)18-8-6-5-7-9-18/h5-16,23,27H,3-4H2,1-2H3/t23-/m1/s1. The number of benzene rings is 3. The van der Waals surface area contributed by atoms with E-state index in [1.807, 2.05) is 62.4 Å². The molecule has 0 amide bonds. The van der Waals surface area contributed by atoms with Crippen LogP contribution in [-0.2, 0) is 0 Å². The molecule has 0 fully saturated rings. The van der Waals surface area contributed by atoms with E-state index in [-0.39, 0.29) is 5.82 Å². The molecule has 1 N–H and O–H groups in total. The summed E-state index contributed by atoms with van der Waals surface area (Å²) in [7, 11) is 0. The van der Waals surface area contributed by atoms with Gasteiger partial charge in [0.2, 0.25) is 11.8 Å². The number of aromatic nitrogens is 2. The lowest BCUT2D eigenvalue weighted by molar-refractivity contribution is 0.331. The van der Waals surface area contributed by atoms with Crippen LogP contribution in [0.3, 0.4) is 0 Å². The summed E-state index contributed by atoms with van der Waals surface area (Å²) in [4.78, 5) is 0. The number of anilines is 1. The Morgan fingerprint density at radius 1 is 0.906 bits per heavy atom. The first kappa shape index (κ1) is 21.4. The van der Waals surface area contributed by atoms with Crippen molar-refractivity contribution in [2.75, 3.05) is 18.5 Å². The number of nitrogens with one attached hydrogen (secondary N) is 1. The van der Waals surface area contributed by atoms with Gasteiger partial charge in [0.15, 0.2) is 0 Å². The van der Waals surface area contributed by atoms with E-state index in [2.05, 4.69) is 15.5 Å². The Balaban J connectivity index is 1.74. The molecule has 0 aliphatic rings. The number of hydrogen-bond acceptors (Lipinski definition) is 6. The summed E-state index contributed by atoms with van der Waals surface area (Å²) in [6.07, 6.45) is 0. The summed E-state index contributed by atoms with van der Waals surface area (Å²) in [6, 6.07) is 20.7. The summed E-state index contributed by atoms with van der Waals surface area (Å²) in [6.45, 7) is 4.89. The van der Waals surface area contributed by atoms with Gasteiger partial charge in [-0.25, -0.2) is 4.39 Å². The molecule has 0 saturated carbocycles. The van der Waals surface area contributed by atoms with Crippen molar-refractivity contribution >= 4 is 5.69 Å². The minimum absolute atomic E-state index is 0.323. The largest absolute Gasteiger partial charge is 0.494 e. The average Bonchev–Trinajstić information content (AvgIpc) is 3.31. The minimum Gasteiger partial charge on any atom is -0.494 e. The highest BCUT2D eigenvalue weighted by atomic mass is 19.1. The SMILES string of the molecule is CCOc1ccc(OCC)c(N[C@H](c2ccc(F)cc2)c2nnc(-c3ccccc3)o2)c1. The Bertz CT molecular complexity index is 1150. The van der Waals surface area contributed by atoms with E-state index in [9.17, 15) is 4.39 Å². The van der Waals surface area contributed by atoms with E-state index in [4.69, 9.17) is 13.9 Å². The second-order valence-electron chi connectivity index (χ2n) is 6.96. The van der Waals surface area contributed by atoms with E-state index in [1.54, 1.807) is 12.1 Å². The molecule has 3 aromatic carbocycles. The second-order valence-corrected chi connectivity index (χ2v) is 6.96. The molecule has 164 valence electrons. The van der Waals surface area contributed by atoms with Crippen molar-refractivity contribution in [2.24, 2.45) is 0 Å². The van der Waals surface area contributed by atoms with Crippen molar-refractivity contribution in [2.45, 2.75) is 19.9 Å². The monoisotopic (exact) mass is 433 g/mol. The van der Waals surface area contributed by atoms with E-state index in [0.717, 1.165) is 11.1 Å². The van der Waals surface area contributed by atoms with Crippen LogP contribution < -0.4 is 14.8 Å². The van der Waals surface area contributed by atoms with Crippen LogP contribution in [0.2, 0.25) is 0 Å². The highest BCUT2D eigenvalue weighted by Crippen LogP contribution is 2.35. The Labute approximate surface area is 186 Å². The van der Waals surface area contributed by atoms with Crippen LogP contribution in [0.4, 0.5) is 10.1 Å². The van der Waals surface area contributed by atoms with Crippen molar-refractivity contribution in [3.05, 3.63) is 90.1 Å². The highest BCUT2D eigenvalue weighted by molar-refractivity contribution is 5.61. The van der Waals surface area contributed by atoms with Gasteiger partial charge in [-0.2, -0.15) is 0 Å². The lowest BCUT2D eigenvalue weighted by Gasteiger charge is -2.20. The summed E-state index contributed by atoms with van der Waals surface area (Å²) in [5.74, 6) is 1.79. The molecule has 1 heterocycles. The lowest BCUT2D eigenvalue weighted by Crippen LogP contribution is -2.14. The number of hydrogen-bond donors (Lipinski definition) is 1. The topological polar surface area (TPSA) is 69.4 Å². The predicted octanol–water partition coefficient (Wildman–Crippen LogP) is 5.87. The van der Waals surface area contributed by atoms with Crippen LogP contribution in [-0.4, -0.2) is 23.4 Å². The number of nitrogens with zero attached hydrogens (tertiary/aromatic N) is 2. The summed E-state index contributed by atoms with van der Waals surface area (Å²) in [5.41, 5.74) is 2.28. The molecule has 6 nitrogen and oxygen atoms in total. The molecule has 0 radical (unpaired) electrons. The van der Waals surface area contributed by atoms with Gasteiger partial charge in [0.05, 0.1) is 18.9 Å². The van der Waals surface area contributed by atoms with Crippen LogP contribution in [0, 0.1) is 5.82 Å². The quantitative estimate of drug-likeness (QED) is 0.356. The maximum Gasteiger partial charge on any atom is 0.247 e. The van der Waals surface area contributed by atoms with Gasteiger partial charge < -0.3 is 19.2 Å². The minimum atomic E-state index is -0.531. The van der Waals surface area contributed by atoms with Crippen LogP contribution in [0.5, 0.6) is 11.5 Å². The first-order valence-corrected chi connectivity index (χ1v) is 10.5. The van der Waals surface area contributed by atoms with E-state index in [0.29, 0.717) is 42.2 Å². The molecule has 0 aliphatic carbocycles. The lowest BCUT2D eigenvalue weighted by atomic mass is 10.1. The Kier molecular flexibility index (Phi) is 6.65. The Hall–Kier alpha value is -3.87. The zero-order chi connectivity index (χ0) is 22.3. The van der Waals surface area contributed by atoms with Crippen LogP contribution >= 0.6 is 0 Å². The average molecular weight is 433 g/mol. The van der Waals surface area contributed by atoms with Gasteiger partial charge in [0.25, 0.3) is 0 Å². The molecule has 0 bridgehead atoms. The summed E-state index contributed by atoms with van der Waals surface area (Å²) in [5, 5.41) is 11.9. The number of halogens is 1. The van der Waals surface area contributed by atoms with E-state index < -0.39 is 6.04 Å². The molecular weight excluding hydrogens is 409 g/mol. The highest BCUT2D eigenvalue weighted by Gasteiger charge is 2.23. The van der Waals surface area contributed by atoms with Crippen molar-refractivity contribution in [3.63, 3.8) is 0 Å². The maximum absolute atomic E-state index is 13.6. The molecule has 1 aromatic heterocycles. The van der Waals surface area contributed by atoms with Crippen molar-refractivity contribution in [3.8, 4) is 23.0 Å². The van der Waals surface area contributed by atoms with Crippen molar-refractivity contribution in [1.82, 2.24) is 10.2 Å². The normalized spacial score (nSPS) is 11.7. The molecule has 0 aliphatic heterocycles. The molecule has 7 heteroatoms. The zero-order valence-electron chi connectivity index (χ0n) is 17.9. The Morgan fingerprint density at radius 3 is 2.38 bits per heavy atom. The van der Waals surface area contributed by atoms with Crippen molar-refractivity contribution < 1.29 is 18.3 Å². The molecule has 1 atom stereocenters. The van der Waals surface area contributed by atoms with Gasteiger partial charge in [-0.15, -0.1) is 10.2 Å². The molecular formula is C25H24FN3O3. The second kappa shape index (κ2) is 9.96. The van der Waals surface area contributed by atoms with Gasteiger partial charge >= 0.3 is 0 Å². The first-order valence-electron chi connectivity index (χ1n) is 10.5. The van der Waals surface area contributed by atoms with Gasteiger partial charge in [0, 0.05) is 11.6 Å². The molecule has 0 unspecified atom stereocenters. The predicted molar refractivity (Wildman–Crippen MR) is 120 cm³/mol. The fourth-order valence-corrected chi connectivity index (χ4v) is 3.31. The van der Waals surface area contributed by atoms with Crippen LogP contribution in [0.1, 0.15) is 31.3 Å². The summed E-state index contributed by atoms with van der Waals surface area (Å²) < 4.78 is 31.1. The molecule has 0 spiro atoms. The fourth-order valence-electron chi connectivity index (χ4n) is 3.31. The number of ether oxygens (including phenoxy) is 2. The van der Waals surface area contributed by atoms with Crippen LogP contribution in [0.25, 0.3) is 11.5 Å². The number of rotatable bonds is 9. The molecule has 4 rings (SSSR count). The fraction of sp³-hybridized carbons (Fsp3) is 0.200. The Morgan fingerprint density at radius 2 is 1.66 bits per heavy atom. The van der Waals surface area contributed by atoms with Crippen LogP contribution in [0.15, 0.2) is 77.2 Å². The van der Waals surface area contributed by atoms with Crippen molar-refractivity contribution in [1.29, 1.82) is 0 Å². The first-order chi connectivity index (χ1) is 15.7. The van der Waals surface area contributed by atoms with Gasteiger partial charge in [-0.1, -0.05) is 30.3 Å². The van der Waals surface area contributed by atoms with E-state index >= 15 is 0 Å². The van der Waals surface area contributed by atoms with Gasteiger partial charge in [-0.3, -0.25) is 0 Å². The van der Waals surface area contributed by atoms with Gasteiger partial charge in [0.1, 0.15) is 23.4 Å². The molecule has 32 heavy (non-hydrogen) atoms. The third-order valence-electron chi connectivity index (χ3n) is 4.77. The molecule has 0 saturated heterocycles. The summed E-state index contributed by atoms with van der Waals surface area (Å²) >= 11 is 0. The molecule has 4 aromatic rings.